The summed E-state index contributed by atoms with van der Waals surface area (Å²) in [4.78, 5) is 12.3. The van der Waals surface area contributed by atoms with Crippen LogP contribution in [0.25, 0.3) is 0 Å². The molecule has 1 aromatic carbocycles. The van der Waals surface area contributed by atoms with Crippen LogP contribution >= 0.6 is 0 Å². The van der Waals surface area contributed by atoms with E-state index in [9.17, 15) is 13.2 Å². The maximum atomic E-state index is 12.3. The van der Waals surface area contributed by atoms with Crippen LogP contribution in [-0.2, 0) is 14.8 Å². The number of sulfonamides is 1. The van der Waals surface area contributed by atoms with Crippen molar-refractivity contribution in [3.05, 3.63) is 29.8 Å². The van der Waals surface area contributed by atoms with Crippen LogP contribution in [0, 0.1) is 5.92 Å². The highest BCUT2D eigenvalue weighted by atomic mass is 32.2. The molecule has 0 radical (unpaired) electrons. The van der Waals surface area contributed by atoms with E-state index in [1.165, 1.54) is 6.42 Å². The van der Waals surface area contributed by atoms with Crippen LogP contribution in [0.5, 0.6) is 0 Å². The SMILES string of the molecule is CC(NC(=O)C1CCCCC1)c1ccccc1NS(C)(=O)=O. The molecule has 1 atom stereocenters. The van der Waals surface area contributed by atoms with E-state index in [1.54, 1.807) is 12.1 Å². The van der Waals surface area contributed by atoms with Gasteiger partial charge >= 0.3 is 0 Å². The van der Waals surface area contributed by atoms with Gasteiger partial charge in [-0.3, -0.25) is 9.52 Å². The monoisotopic (exact) mass is 324 g/mol. The smallest absolute Gasteiger partial charge is 0.229 e. The summed E-state index contributed by atoms with van der Waals surface area (Å²) in [5.74, 6) is 0.160. The van der Waals surface area contributed by atoms with Crippen molar-refractivity contribution in [1.29, 1.82) is 0 Å². The molecular formula is C16H24N2O3S. The Morgan fingerprint density at radius 2 is 1.82 bits per heavy atom. The van der Waals surface area contributed by atoms with Crippen LogP contribution in [0.1, 0.15) is 50.6 Å². The minimum Gasteiger partial charge on any atom is -0.349 e. The molecule has 1 aliphatic carbocycles. The van der Waals surface area contributed by atoms with Crippen molar-refractivity contribution in [3.63, 3.8) is 0 Å². The van der Waals surface area contributed by atoms with Crippen molar-refractivity contribution >= 4 is 21.6 Å². The molecule has 122 valence electrons. The fraction of sp³-hybridized carbons (Fsp3) is 0.562. The van der Waals surface area contributed by atoms with E-state index in [1.807, 2.05) is 19.1 Å². The molecule has 2 N–H and O–H groups in total. The Bertz CT molecular complexity index is 622. The number of amides is 1. The van der Waals surface area contributed by atoms with Gasteiger partial charge in [0.05, 0.1) is 18.0 Å². The van der Waals surface area contributed by atoms with Crippen molar-refractivity contribution in [2.75, 3.05) is 11.0 Å². The fourth-order valence-corrected chi connectivity index (χ4v) is 3.53. The van der Waals surface area contributed by atoms with Crippen LogP contribution in [-0.4, -0.2) is 20.6 Å². The molecule has 6 heteroatoms. The summed E-state index contributed by atoms with van der Waals surface area (Å²) >= 11 is 0. The summed E-state index contributed by atoms with van der Waals surface area (Å²) in [6.07, 6.45) is 6.44. The molecule has 2 rings (SSSR count). The molecule has 0 saturated heterocycles. The lowest BCUT2D eigenvalue weighted by Gasteiger charge is -2.24. The van der Waals surface area contributed by atoms with E-state index in [4.69, 9.17) is 0 Å². The second-order valence-electron chi connectivity index (χ2n) is 6.03. The number of para-hydroxylation sites is 1. The molecule has 0 heterocycles. The average Bonchev–Trinajstić information content (AvgIpc) is 2.47. The zero-order valence-corrected chi connectivity index (χ0v) is 13.9. The van der Waals surface area contributed by atoms with E-state index in [2.05, 4.69) is 10.0 Å². The van der Waals surface area contributed by atoms with E-state index < -0.39 is 10.0 Å². The molecule has 1 aromatic rings. The van der Waals surface area contributed by atoms with Crippen molar-refractivity contribution in [2.24, 2.45) is 5.92 Å². The standard InChI is InChI=1S/C16H24N2O3S/c1-12(17-16(19)13-8-4-3-5-9-13)14-10-6-7-11-15(14)18-22(2,20)21/h6-7,10-13,18H,3-5,8-9H2,1-2H3,(H,17,19). The Labute approximate surface area is 132 Å². The van der Waals surface area contributed by atoms with Gasteiger partial charge in [-0.1, -0.05) is 37.5 Å². The molecule has 1 unspecified atom stereocenters. The van der Waals surface area contributed by atoms with Crippen molar-refractivity contribution in [3.8, 4) is 0 Å². The van der Waals surface area contributed by atoms with Gasteiger partial charge in [-0.2, -0.15) is 0 Å². The molecule has 22 heavy (non-hydrogen) atoms. The second-order valence-corrected chi connectivity index (χ2v) is 7.78. The van der Waals surface area contributed by atoms with Crippen molar-refractivity contribution in [2.45, 2.75) is 45.1 Å². The van der Waals surface area contributed by atoms with Gasteiger partial charge in [-0.25, -0.2) is 8.42 Å². The Kier molecular flexibility index (Phi) is 5.45. The maximum Gasteiger partial charge on any atom is 0.229 e. The first-order chi connectivity index (χ1) is 10.4. The van der Waals surface area contributed by atoms with Crippen LogP contribution in [0.3, 0.4) is 0 Å². The minimum atomic E-state index is -3.34. The molecule has 5 nitrogen and oxygen atoms in total. The van der Waals surface area contributed by atoms with Crippen molar-refractivity contribution < 1.29 is 13.2 Å². The molecule has 0 spiro atoms. The van der Waals surface area contributed by atoms with Gasteiger partial charge in [0.2, 0.25) is 15.9 Å². The predicted octanol–water partition coefficient (Wildman–Crippen LogP) is 2.82. The molecule has 1 saturated carbocycles. The van der Waals surface area contributed by atoms with Gasteiger partial charge in [0.25, 0.3) is 0 Å². The Balaban J connectivity index is 2.08. The van der Waals surface area contributed by atoms with Gasteiger partial charge in [0.15, 0.2) is 0 Å². The van der Waals surface area contributed by atoms with E-state index in [-0.39, 0.29) is 17.9 Å². The highest BCUT2D eigenvalue weighted by molar-refractivity contribution is 7.92. The summed E-state index contributed by atoms with van der Waals surface area (Å²) in [5.41, 5.74) is 1.29. The Morgan fingerprint density at radius 3 is 2.45 bits per heavy atom. The summed E-state index contributed by atoms with van der Waals surface area (Å²) in [6.45, 7) is 1.88. The highest BCUT2D eigenvalue weighted by Gasteiger charge is 2.23. The normalized spacial score (nSPS) is 17.7. The third kappa shape index (κ3) is 4.73. The zero-order valence-electron chi connectivity index (χ0n) is 13.1. The average molecular weight is 324 g/mol. The topological polar surface area (TPSA) is 75.3 Å². The predicted molar refractivity (Wildman–Crippen MR) is 88.0 cm³/mol. The molecule has 1 amide bonds. The summed E-state index contributed by atoms with van der Waals surface area (Å²) in [6, 6.07) is 6.91. The number of nitrogens with one attached hydrogen (secondary N) is 2. The minimum absolute atomic E-state index is 0.0707. The summed E-state index contributed by atoms with van der Waals surface area (Å²) < 4.78 is 25.4. The number of carbonyl (C=O) groups excluding carboxylic acids is 1. The Hall–Kier alpha value is -1.56. The summed E-state index contributed by atoms with van der Waals surface area (Å²) in [7, 11) is -3.34. The van der Waals surface area contributed by atoms with Gasteiger partial charge in [-0.15, -0.1) is 0 Å². The molecule has 0 aliphatic heterocycles. The lowest BCUT2D eigenvalue weighted by atomic mass is 9.88. The van der Waals surface area contributed by atoms with E-state index >= 15 is 0 Å². The van der Waals surface area contributed by atoms with Gasteiger partial charge in [0.1, 0.15) is 0 Å². The van der Waals surface area contributed by atoms with Crippen LogP contribution in [0.15, 0.2) is 24.3 Å². The molecular weight excluding hydrogens is 300 g/mol. The molecule has 0 bridgehead atoms. The van der Waals surface area contributed by atoms with Crippen LogP contribution in [0.2, 0.25) is 0 Å². The molecule has 1 aliphatic rings. The largest absolute Gasteiger partial charge is 0.349 e. The third-order valence-electron chi connectivity index (χ3n) is 4.06. The Morgan fingerprint density at radius 1 is 1.18 bits per heavy atom. The molecule has 0 aromatic heterocycles. The zero-order chi connectivity index (χ0) is 16.2. The van der Waals surface area contributed by atoms with E-state index in [0.29, 0.717) is 5.69 Å². The first-order valence-electron chi connectivity index (χ1n) is 7.74. The molecule has 1 fully saturated rings. The summed E-state index contributed by atoms with van der Waals surface area (Å²) in [5, 5.41) is 3.02. The van der Waals surface area contributed by atoms with Crippen LogP contribution in [0.4, 0.5) is 5.69 Å². The van der Waals surface area contributed by atoms with Gasteiger partial charge in [-0.05, 0) is 31.4 Å². The maximum absolute atomic E-state index is 12.3. The number of hydrogen-bond donors (Lipinski definition) is 2. The fourth-order valence-electron chi connectivity index (χ4n) is 2.94. The quantitative estimate of drug-likeness (QED) is 0.874. The van der Waals surface area contributed by atoms with E-state index in [0.717, 1.165) is 37.5 Å². The lowest BCUT2D eigenvalue weighted by molar-refractivity contribution is -0.126. The first kappa shape index (κ1) is 16.8. The number of rotatable bonds is 5. The lowest BCUT2D eigenvalue weighted by Crippen LogP contribution is -2.34. The number of hydrogen-bond acceptors (Lipinski definition) is 3. The first-order valence-corrected chi connectivity index (χ1v) is 9.63. The number of anilines is 1. The highest BCUT2D eigenvalue weighted by Crippen LogP contribution is 2.27. The second kappa shape index (κ2) is 7.13. The third-order valence-corrected chi connectivity index (χ3v) is 4.65. The van der Waals surface area contributed by atoms with Crippen molar-refractivity contribution in [1.82, 2.24) is 5.32 Å². The number of carbonyl (C=O) groups is 1. The van der Waals surface area contributed by atoms with Gasteiger partial charge in [0, 0.05) is 5.92 Å². The van der Waals surface area contributed by atoms with Crippen LogP contribution < -0.4 is 10.0 Å². The van der Waals surface area contributed by atoms with Gasteiger partial charge < -0.3 is 5.32 Å². The number of benzene rings is 1.